The Hall–Kier alpha value is -1.39. The van der Waals surface area contributed by atoms with Crippen molar-refractivity contribution in [3.05, 3.63) is 34.9 Å². The van der Waals surface area contributed by atoms with Crippen LogP contribution < -0.4 is 5.32 Å². The summed E-state index contributed by atoms with van der Waals surface area (Å²) in [6.07, 6.45) is 5.15. The number of nitrogens with one attached hydrogen (secondary N) is 1. The van der Waals surface area contributed by atoms with Crippen molar-refractivity contribution in [3.63, 3.8) is 0 Å². The molecule has 1 N–H and O–H groups in total. The predicted octanol–water partition coefficient (Wildman–Crippen LogP) is 3.43. The molecule has 5 heteroatoms. The average Bonchev–Trinajstić information content (AvgIpc) is 2.92. The monoisotopic (exact) mass is 364 g/mol. The van der Waals surface area contributed by atoms with Crippen LogP contribution in [0.1, 0.15) is 60.0 Å². The fraction of sp³-hybridized carbons (Fsp3) is 0.600. The lowest BCUT2D eigenvalue weighted by atomic mass is 9.97. The number of carbonyl (C=O) groups is 2. The molecule has 2 heterocycles. The molecule has 0 aromatic heterocycles. The van der Waals surface area contributed by atoms with Gasteiger partial charge in [-0.3, -0.25) is 9.59 Å². The lowest BCUT2D eigenvalue weighted by molar-refractivity contribution is -0.132. The summed E-state index contributed by atoms with van der Waals surface area (Å²) in [6, 6.07) is 7.23. The van der Waals surface area contributed by atoms with Crippen molar-refractivity contribution >= 4 is 24.1 Å². The Labute approximate surface area is 156 Å². The van der Waals surface area contributed by atoms with Gasteiger partial charge in [-0.1, -0.05) is 12.1 Å². The number of carbonyl (C=O) groups excluding carboxylic acids is 2. The minimum atomic E-state index is 0. The van der Waals surface area contributed by atoms with Crippen molar-refractivity contribution in [2.24, 2.45) is 0 Å². The number of ketones is 1. The Morgan fingerprint density at radius 1 is 1.08 bits per heavy atom. The molecular weight excluding hydrogens is 336 g/mol. The maximum atomic E-state index is 12.5. The first kappa shape index (κ1) is 19.9. The number of hydrogen-bond donors (Lipinski definition) is 1. The summed E-state index contributed by atoms with van der Waals surface area (Å²) in [6.45, 7) is 4.05. The quantitative estimate of drug-likeness (QED) is 0.814. The van der Waals surface area contributed by atoms with Gasteiger partial charge in [-0.2, -0.15) is 0 Å². The van der Waals surface area contributed by atoms with Gasteiger partial charge in [0.25, 0.3) is 0 Å². The van der Waals surface area contributed by atoms with Crippen LogP contribution in [0.3, 0.4) is 0 Å². The van der Waals surface area contributed by atoms with E-state index in [4.69, 9.17) is 0 Å². The van der Waals surface area contributed by atoms with Crippen LogP contribution in [0.2, 0.25) is 0 Å². The van der Waals surface area contributed by atoms with Gasteiger partial charge in [0.1, 0.15) is 0 Å². The number of Topliss-reactive ketones (excluding diaryl/α,β-unsaturated/α-hetero) is 1. The van der Waals surface area contributed by atoms with E-state index in [0.29, 0.717) is 36.5 Å². The highest BCUT2D eigenvalue weighted by Crippen LogP contribution is 2.29. The van der Waals surface area contributed by atoms with Crippen molar-refractivity contribution in [2.45, 2.75) is 70.5 Å². The Morgan fingerprint density at radius 3 is 2.32 bits per heavy atom. The van der Waals surface area contributed by atoms with E-state index in [1.807, 2.05) is 44.0 Å². The lowest BCUT2D eigenvalue weighted by Gasteiger charge is -2.35. The molecule has 1 aromatic carbocycles. The first-order chi connectivity index (χ1) is 11.4. The highest BCUT2D eigenvalue weighted by atomic mass is 35.5. The van der Waals surface area contributed by atoms with Crippen molar-refractivity contribution < 1.29 is 9.59 Å². The highest BCUT2D eigenvalue weighted by Gasteiger charge is 2.36. The second-order valence-corrected chi connectivity index (χ2v) is 7.49. The molecule has 2 saturated heterocycles. The van der Waals surface area contributed by atoms with Gasteiger partial charge in [-0.25, -0.2) is 0 Å². The minimum absolute atomic E-state index is 0. The maximum absolute atomic E-state index is 12.5. The standard InChI is InChI=1S/C20H28N2O2.ClH/c1-13-4-5-15(10-14(13)2)19(23)8-9-20(24)22(3)18-11-16-6-7-17(12-18)21-16;/h4-5,10,16-18,21H,6-9,11-12H2,1-3H3;1H. The Kier molecular flexibility index (Phi) is 6.64. The number of halogens is 1. The fourth-order valence-corrected chi connectivity index (χ4v) is 4.00. The summed E-state index contributed by atoms with van der Waals surface area (Å²) in [5.74, 6) is 0.156. The molecule has 4 nitrogen and oxygen atoms in total. The lowest BCUT2D eigenvalue weighted by Crippen LogP contribution is -2.48. The third-order valence-corrected chi connectivity index (χ3v) is 5.78. The van der Waals surface area contributed by atoms with Crippen LogP contribution in [0, 0.1) is 13.8 Å². The SMILES string of the molecule is Cc1ccc(C(=O)CCC(=O)N(C)C2CC3CCC(C2)N3)cc1C.Cl. The molecule has 0 saturated carbocycles. The van der Waals surface area contributed by atoms with Crippen LogP contribution in [0.5, 0.6) is 0 Å². The third-order valence-electron chi connectivity index (χ3n) is 5.78. The summed E-state index contributed by atoms with van der Waals surface area (Å²) in [5, 5.41) is 3.60. The van der Waals surface area contributed by atoms with Gasteiger partial charge < -0.3 is 10.2 Å². The van der Waals surface area contributed by atoms with Gasteiger partial charge >= 0.3 is 0 Å². The van der Waals surface area contributed by atoms with Crippen molar-refractivity contribution in [3.8, 4) is 0 Å². The summed E-state index contributed by atoms with van der Waals surface area (Å²) < 4.78 is 0. The van der Waals surface area contributed by atoms with Crippen LogP contribution in [0.25, 0.3) is 0 Å². The number of hydrogen-bond acceptors (Lipinski definition) is 3. The molecule has 2 atom stereocenters. The van der Waals surface area contributed by atoms with Crippen LogP contribution >= 0.6 is 12.4 Å². The number of aryl methyl sites for hydroxylation is 2. The molecule has 0 aliphatic carbocycles. The van der Waals surface area contributed by atoms with Gasteiger partial charge in [0.05, 0.1) is 0 Å². The molecule has 2 bridgehead atoms. The Balaban J connectivity index is 0.00000225. The van der Waals surface area contributed by atoms with Gasteiger partial charge in [-0.05, 0) is 56.7 Å². The normalized spacial score (nSPS) is 24.5. The molecule has 25 heavy (non-hydrogen) atoms. The van der Waals surface area contributed by atoms with E-state index in [0.717, 1.165) is 18.4 Å². The minimum Gasteiger partial charge on any atom is -0.343 e. The fourth-order valence-electron chi connectivity index (χ4n) is 4.00. The number of fused-ring (bicyclic) bond motifs is 2. The smallest absolute Gasteiger partial charge is 0.223 e. The Morgan fingerprint density at radius 2 is 1.72 bits per heavy atom. The summed E-state index contributed by atoms with van der Waals surface area (Å²) in [7, 11) is 1.90. The molecule has 1 amide bonds. The largest absolute Gasteiger partial charge is 0.343 e. The summed E-state index contributed by atoms with van der Waals surface area (Å²) in [5.41, 5.74) is 3.02. The maximum Gasteiger partial charge on any atom is 0.223 e. The van der Waals surface area contributed by atoms with Crippen LogP contribution in [-0.4, -0.2) is 41.8 Å². The van der Waals surface area contributed by atoms with Crippen LogP contribution in [0.15, 0.2) is 18.2 Å². The molecule has 0 radical (unpaired) electrons. The van der Waals surface area contributed by atoms with Gasteiger partial charge in [-0.15, -0.1) is 12.4 Å². The molecule has 2 fully saturated rings. The number of nitrogens with zero attached hydrogens (tertiary/aromatic N) is 1. The van der Waals surface area contributed by atoms with Crippen LogP contribution in [-0.2, 0) is 4.79 Å². The second-order valence-electron chi connectivity index (χ2n) is 7.49. The van der Waals surface area contributed by atoms with Crippen LogP contribution in [0.4, 0.5) is 0 Å². The van der Waals surface area contributed by atoms with E-state index >= 15 is 0 Å². The zero-order chi connectivity index (χ0) is 17.3. The molecule has 138 valence electrons. The van der Waals surface area contributed by atoms with E-state index < -0.39 is 0 Å². The molecule has 1 aromatic rings. The summed E-state index contributed by atoms with van der Waals surface area (Å²) >= 11 is 0. The summed E-state index contributed by atoms with van der Waals surface area (Å²) in [4.78, 5) is 26.7. The van der Waals surface area contributed by atoms with E-state index in [2.05, 4.69) is 5.32 Å². The second kappa shape index (κ2) is 8.33. The molecular formula is C20H29ClN2O2. The predicted molar refractivity (Wildman–Crippen MR) is 102 cm³/mol. The molecule has 2 aliphatic rings. The third kappa shape index (κ3) is 4.62. The van der Waals surface area contributed by atoms with Crippen molar-refractivity contribution in [1.29, 1.82) is 0 Å². The zero-order valence-electron chi connectivity index (χ0n) is 15.4. The van der Waals surface area contributed by atoms with Gasteiger partial charge in [0, 0.05) is 43.6 Å². The zero-order valence-corrected chi connectivity index (χ0v) is 16.2. The average molecular weight is 365 g/mol. The van der Waals surface area contributed by atoms with Crippen molar-refractivity contribution in [2.75, 3.05) is 7.05 Å². The first-order valence-corrected chi connectivity index (χ1v) is 9.06. The van der Waals surface area contributed by atoms with Crippen molar-refractivity contribution in [1.82, 2.24) is 10.2 Å². The number of piperidine rings is 1. The van der Waals surface area contributed by atoms with E-state index in [-0.39, 0.29) is 24.1 Å². The Bertz CT molecular complexity index is 635. The number of benzene rings is 1. The van der Waals surface area contributed by atoms with Gasteiger partial charge in [0.2, 0.25) is 5.91 Å². The first-order valence-electron chi connectivity index (χ1n) is 9.06. The van der Waals surface area contributed by atoms with E-state index in [1.54, 1.807) is 0 Å². The van der Waals surface area contributed by atoms with E-state index in [1.165, 1.54) is 18.4 Å². The number of rotatable bonds is 5. The number of amides is 1. The highest BCUT2D eigenvalue weighted by molar-refractivity contribution is 5.98. The molecule has 3 rings (SSSR count). The molecule has 2 aliphatic heterocycles. The molecule has 2 unspecified atom stereocenters. The molecule has 0 spiro atoms. The van der Waals surface area contributed by atoms with Gasteiger partial charge in [0.15, 0.2) is 5.78 Å². The topological polar surface area (TPSA) is 49.4 Å². The van der Waals surface area contributed by atoms with E-state index in [9.17, 15) is 9.59 Å².